The average molecular weight is 405 g/mol. The number of amides is 1. The number of hydrogen-bond acceptors (Lipinski definition) is 6. The van der Waals surface area contributed by atoms with Gasteiger partial charge in [0.25, 0.3) is 5.91 Å². The molecule has 3 rings (SSSR count). The summed E-state index contributed by atoms with van der Waals surface area (Å²) in [6, 6.07) is 11.6. The van der Waals surface area contributed by atoms with Gasteiger partial charge in [-0.05, 0) is 55.3 Å². The van der Waals surface area contributed by atoms with Crippen LogP contribution in [-0.4, -0.2) is 28.5 Å². The van der Waals surface area contributed by atoms with Crippen molar-refractivity contribution in [3.8, 4) is 22.9 Å². The maximum absolute atomic E-state index is 12.2. The van der Waals surface area contributed by atoms with E-state index in [9.17, 15) is 13.6 Å². The van der Waals surface area contributed by atoms with Crippen LogP contribution in [0.1, 0.15) is 11.1 Å². The zero-order valence-electron chi connectivity index (χ0n) is 15.1. The third kappa shape index (κ3) is 5.01. The first-order valence-electron chi connectivity index (χ1n) is 8.30. The second kappa shape index (κ2) is 8.75. The number of nitrogens with zero attached hydrogens (tertiary/aromatic N) is 2. The Balaban J connectivity index is 1.58. The molecule has 0 aliphatic carbocycles. The van der Waals surface area contributed by atoms with Gasteiger partial charge in [-0.2, -0.15) is 18.1 Å². The Hall–Kier alpha value is -3.07. The molecule has 0 spiro atoms. The number of halogens is 2. The van der Waals surface area contributed by atoms with Gasteiger partial charge < -0.3 is 9.47 Å². The Bertz CT molecular complexity index is 961. The molecule has 2 aromatic carbocycles. The van der Waals surface area contributed by atoms with Gasteiger partial charge in [0.15, 0.2) is 12.4 Å². The zero-order valence-corrected chi connectivity index (χ0v) is 15.9. The highest BCUT2D eigenvalue weighted by Crippen LogP contribution is 2.24. The van der Waals surface area contributed by atoms with Gasteiger partial charge in [0.05, 0.1) is 0 Å². The number of anilines is 1. The molecule has 9 heteroatoms. The van der Waals surface area contributed by atoms with E-state index in [0.717, 1.165) is 22.7 Å². The Labute approximate surface area is 164 Å². The first-order valence-corrected chi connectivity index (χ1v) is 9.07. The van der Waals surface area contributed by atoms with Crippen molar-refractivity contribution in [2.24, 2.45) is 0 Å². The molecule has 1 N–H and O–H groups in total. The highest BCUT2D eigenvalue weighted by molar-refractivity contribution is 7.10. The van der Waals surface area contributed by atoms with E-state index in [0.29, 0.717) is 22.3 Å². The molecule has 0 aliphatic rings. The number of aryl methyl sites for hydroxylation is 1. The highest BCUT2D eigenvalue weighted by Gasteiger charge is 2.12. The molecule has 0 bridgehead atoms. The minimum atomic E-state index is -2.88. The van der Waals surface area contributed by atoms with Crippen molar-refractivity contribution in [1.82, 2.24) is 9.36 Å². The number of carbonyl (C=O) groups excluding carboxylic acids is 1. The van der Waals surface area contributed by atoms with Crippen molar-refractivity contribution in [2.45, 2.75) is 20.5 Å². The molecule has 3 aromatic rings. The monoisotopic (exact) mass is 405 g/mol. The number of nitrogens with one attached hydrogen (secondary N) is 1. The number of ether oxygens (including phenoxy) is 2. The van der Waals surface area contributed by atoms with Crippen LogP contribution in [0.4, 0.5) is 13.9 Å². The first-order chi connectivity index (χ1) is 13.4. The quantitative estimate of drug-likeness (QED) is 0.629. The van der Waals surface area contributed by atoms with Crippen LogP contribution in [0.3, 0.4) is 0 Å². The molecule has 0 atom stereocenters. The molecule has 1 aromatic heterocycles. The van der Waals surface area contributed by atoms with Gasteiger partial charge in [-0.3, -0.25) is 10.1 Å². The largest absolute Gasteiger partial charge is 0.483 e. The number of hydrogen-bond donors (Lipinski definition) is 1. The van der Waals surface area contributed by atoms with Crippen molar-refractivity contribution in [3.05, 3.63) is 53.6 Å². The van der Waals surface area contributed by atoms with Crippen LogP contribution < -0.4 is 14.8 Å². The summed E-state index contributed by atoms with van der Waals surface area (Å²) < 4.78 is 38.4. The summed E-state index contributed by atoms with van der Waals surface area (Å²) in [4.78, 5) is 16.3. The van der Waals surface area contributed by atoms with Gasteiger partial charge in [0.1, 0.15) is 11.5 Å². The fourth-order valence-electron chi connectivity index (χ4n) is 2.36. The third-order valence-corrected chi connectivity index (χ3v) is 4.55. The Morgan fingerprint density at radius 2 is 1.93 bits per heavy atom. The van der Waals surface area contributed by atoms with E-state index < -0.39 is 6.61 Å². The molecule has 0 unspecified atom stereocenters. The summed E-state index contributed by atoms with van der Waals surface area (Å²) in [6.07, 6.45) is 0. The van der Waals surface area contributed by atoms with Crippen molar-refractivity contribution in [1.29, 1.82) is 0 Å². The van der Waals surface area contributed by atoms with Gasteiger partial charge in [0, 0.05) is 17.1 Å². The van der Waals surface area contributed by atoms with E-state index >= 15 is 0 Å². The van der Waals surface area contributed by atoms with Crippen LogP contribution in [0, 0.1) is 13.8 Å². The zero-order chi connectivity index (χ0) is 20.1. The predicted octanol–water partition coefficient (Wildman–Crippen LogP) is 4.44. The smallest absolute Gasteiger partial charge is 0.387 e. The number of carbonyl (C=O) groups is 1. The van der Waals surface area contributed by atoms with Crippen LogP contribution in [-0.2, 0) is 4.79 Å². The van der Waals surface area contributed by atoms with Gasteiger partial charge >= 0.3 is 6.61 Å². The lowest BCUT2D eigenvalue weighted by Gasteiger charge is -2.10. The predicted molar refractivity (Wildman–Crippen MR) is 102 cm³/mol. The van der Waals surface area contributed by atoms with E-state index in [1.165, 1.54) is 12.1 Å². The summed E-state index contributed by atoms with van der Waals surface area (Å²) in [6.45, 7) is 0.865. The normalized spacial score (nSPS) is 10.8. The van der Waals surface area contributed by atoms with E-state index in [2.05, 4.69) is 19.4 Å². The number of alkyl halides is 2. The maximum atomic E-state index is 12.2. The molecule has 146 valence electrons. The Kier molecular flexibility index (Phi) is 6.15. The second-order valence-corrected chi connectivity index (χ2v) is 6.61. The Morgan fingerprint density at radius 3 is 2.64 bits per heavy atom. The SMILES string of the molecule is Cc1cccc(OCC(=O)Nc2nc(-c3ccc(OC(F)F)cc3)ns2)c1C. The average Bonchev–Trinajstić information content (AvgIpc) is 3.11. The number of rotatable bonds is 7. The van der Waals surface area contributed by atoms with Gasteiger partial charge in [-0.1, -0.05) is 12.1 Å². The number of aromatic nitrogens is 2. The lowest BCUT2D eigenvalue weighted by atomic mass is 10.1. The number of benzene rings is 2. The van der Waals surface area contributed by atoms with Crippen LogP contribution in [0.2, 0.25) is 0 Å². The molecule has 1 amide bonds. The van der Waals surface area contributed by atoms with E-state index in [-0.39, 0.29) is 18.3 Å². The highest BCUT2D eigenvalue weighted by atomic mass is 32.1. The van der Waals surface area contributed by atoms with Crippen LogP contribution in [0.15, 0.2) is 42.5 Å². The maximum Gasteiger partial charge on any atom is 0.387 e. The Morgan fingerprint density at radius 1 is 1.18 bits per heavy atom. The molecular weight excluding hydrogens is 388 g/mol. The van der Waals surface area contributed by atoms with Gasteiger partial charge in [-0.15, -0.1) is 0 Å². The molecule has 0 radical (unpaired) electrons. The standard InChI is InChI=1S/C19H17F2N3O3S/c1-11-4-3-5-15(12(11)2)26-10-16(25)22-19-23-17(24-28-19)13-6-8-14(9-7-13)27-18(20)21/h3-9,18H,10H2,1-2H3,(H,22,23,24,25). The molecule has 0 saturated carbocycles. The molecule has 1 heterocycles. The second-order valence-electron chi connectivity index (χ2n) is 5.86. The molecule has 0 saturated heterocycles. The summed E-state index contributed by atoms with van der Waals surface area (Å²) in [5.41, 5.74) is 2.68. The summed E-state index contributed by atoms with van der Waals surface area (Å²) in [7, 11) is 0. The minimum Gasteiger partial charge on any atom is -0.483 e. The van der Waals surface area contributed by atoms with E-state index in [1.54, 1.807) is 18.2 Å². The molecular formula is C19H17F2N3O3S. The fraction of sp³-hybridized carbons (Fsp3) is 0.211. The van der Waals surface area contributed by atoms with Crippen LogP contribution in [0.5, 0.6) is 11.5 Å². The summed E-state index contributed by atoms with van der Waals surface area (Å²) in [5.74, 6) is 0.717. The third-order valence-electron chi connectivity index (χ3n) is 3.92. The molecule has 6 nitrogen and oxygen atoms in total. The van der Waals surface area contributed by atoms with Crippen LogP contribution >= 0.6 is 11.5 Å². The lowest BCUT2D eigenvalue weighted by molar-refractivity contribution is -0.118. The summed E-state index contributed by atoms with van der Waals surface area (Å²) >= 11 is 1.01. The topological polar surface area (TPSA) is 73.3 Å². The summed E-state index contributed by atoms with van der Waals surface area (Å²) in [5, 5.41) is 2.95. The molecule has 0 aliphatic heterocycles. The van der Waals surface area contributed by atoms with Crippen molar-refractivity contribution in [3.63, 3.8) is 0 Å². The first kappa shape index (κ1) is 19.7. The van der Waals surface area contributed by atoms with E-state index in [4.69, 9.17) is 4.74 Å². The van der Waals surface area contributed by atoms with Crippen molar-refractivity contribution >= 4 is 22.6 Å². The molecule has 0 fully saturated rings. The van der Waals surface area contributed by atoms with Gasteiger partial charge in [-0.25, -0.2) is 0 Å². The van der Waals surface area contributed by atoms with E-state index in [1.807, 2.05) is 26.0 Å². The fourth-order valence-corrected chi connectivity index (χ4v) is 2.96. The van der Waals surface area contributed by atoms with Gasteiger partial charge in [0.2, 0.25) is 5.13 Å². The van der Waals surface area contributed by atoms with Crippen LogP contribution in [0.25, 0.3) is 11.4 Å². The van der Waals surface area contributed by atoms with Crippen molar-refractivity contribution in [2.75, 3.05) is 11.9 Å². The lowest BCUT2D eigenvalue weighted by Crippen LogP contribution is -2.20. The minimum absolute atomic E-state index is 0.0473. The van der Waals surface area contributed by atoms with Crippen molar-refractivity contribution < 1.29 is 23.0 Å². The molecule has 28 heavy (non-hydrogen) atoms.